The SMILES string of the molecule is CC.CC.CCCC.Cc1ccccc1-c1ccccc1N1C=C(CC2(C)CCCC2)N(C)C1.S. The van der Waals surface area contributed by atoms with Crippen molar-refractivity contribution in [2.75, 3.05) is 18.6 Å². The Hall–Kier alpha value is -1.87. The Morgan fingerprint density at radius 1 is 0.800 bits per heavy atom. The molecule has 0 atom stereocenters. The highest BCUT2D eigenvalue weighted by molar-refractivity contribution is 7.59. The van der Waals surface area contributed by atoms with Crippen LogP contribution in [0.5, 0.6) is 0 Å². The van der Waals surface area contributed by atoms with Crippen LogP contribution in [-0.2, 0) is 0 Å². The van der Waals surface area contributed by atoms with Crippen molar-refractivity contribution in [2.24, 2.45) is 5.41 Å². The number of benzene rings is 2. The quantitative estimate of drug-likeness (QED) is 0.404. The van der Waals surface area contributed by atoms with Gasteiger partial charge in [-0.05, 0) is 48.8 Å². The van der Waals surface area contributed by atoms with Gasteiger partial charge >= 0.3 is 0 Å². The van der Waals surface area contributed by atoms with Crippen LogP contribution in [0.1, 0.15) is 99.0 Å². The van der Waals surface area contributed by atoms with Gasteiger partial charge in [-0.15, -0.1) is 0 Å². The molecule has 1 aliphatic heterocycles. The topological polar surface area (TPSA) is 6.48 Å². The molecule has 1 fully saturated rings. The van der Waals surface area contributed by atoms with E-state index in [-0.39, 0.29) is 13.5 Å². The van der Waals surface area contributed by atoms with E-state index in [1.807, 2.05) is 27.7 Å². The fraction of sp³-hybridized carbons (Fsp3) is 0.562. The zero-order chi connectivity index (χ0) is 25.6. The lowest BCUT2D eigenvalue weighted by Crippen LogP contribution is -2.25. The second-order valence-electron chi connectivity index (χ2n) is 9.46. The van der Waals surface area contributed by atoms with Crippen LogP contribution in [-0.4, -0.2) is 18.6 Å². The third-order valence-electron chi connectivity index (χ3n) is 6.73. The Balaban J connectivity index is 0.00000115. The summed E-state index contributed by atoms with van der Waals surface area (Å²) in [5.41, 5.74) is 7.26. The summed E-state index contributed by atoms with van der Waals surface area (Å²) in [6, 6.07) is 17.5. The predicted octanol–water partition coefficient (Wildman–Crippen LogP) is 10.2. The fourth-order valence-electron chi connectivity index (χ4n) is 4.63. The molecule has 1 heterocycles. The molecule has 4 rings (SSSR count). The average molecular weight is 499 g/mol. The van der Waals surface area contributed by atoms with Crippen LogP contribution in [0.15, 0.2) is 60.4 Å². The summed E-state index contributed by atoms with van der Waals surface area (Å²) in [6.07, 6.45) is 11.8. The first kappa shape index (κ1) is 33.1. The molecule has 0 spiro atoms. The Morgan fingerprint density at radius 2 is 1.31 bits per heavy atom. The molecule has 0 N–H and O–H groups in total. The van der Waals surface area contributed by atoms with E-state index in [1.165, 1.54) is 73.0 Å². The van der Waals surface area contributed by atoms with Gasteiger partial charge < -0.3 is 9.80 Å². The Morgan fingerprint density at radius 3 is 1.86 bits per heavy atom. The molecule has 2 aromatic carbocycles. The van der Waals surface area contributed by atoms with E-state index in [1.54, 1.807) is 0 Å². The molecule has 2 aromatic rings. The molecule has 1 aliphatic carbocycles. The standard InChI is InChI=1S/C24H30N2.C4H10.2C2H6.H2S/c1-19-10-4-5-11-21(19)22-12-6-7-13-23(22)26-17-20(25(3)18-26)16-24(2)14-8-9-15-24;1-3-4-2;2*1-2;/h4-7,10-13,17H,8-9,14-16,18H2,1-3H3;3-4H2,1-2H3;2*1-2H3;1H2. The van der Waals surface area contributed by atoms with Crippen molar-refractivity contribution >= 4 is 19.2 Å². The molecular weight excluding hydrogens is 444 g/mol. The molecule has 0 aromatic heterocycles. The Bertz CT molecular complexity index is 850. The lowest BCUT2D eigenvalue weighted by Gasteiger charge is -2.27. The Kier molecular flexibility index (Phi) is 16.6. The van der Waals surface area contributed by atoms with Gasteiger partial charge in [0.15, 0.2) is 0 Å². The van der Waals surface area contributed by atoms with Gasteiger partial charge in [-0.1, -0.05) is 117 Å². The number of anilines is 1. The maximum atomic E-state index is 2.47. The van der Waals surface area contributed by atoms with Crippen LogP contribution in [0.2, 0.25) is 0 Å². The highest BCUT2D eigenvalue weighted by Crippen LogP contribution is 2.44. The highest BCUT2D eigenvalue weighted by atomic mass is 32.1. The maximum absolute atomic E-state index is 2.47. The molecular formula is C32H54N2S. The largest absolute Gasteiger partial charge is 0.359 e. The number of aryl methyl sites for hydroxylation is 1. The van der Waals surface area contributed by atoms with E-state index in [9.17, 15) is 0 Å². The van der Waals surface area contributed by atoms with Gasteiger partial charge in [-0.2, -0.15) is 13.5 Å². The molecule has 3 heteroatoms. The normalized spacial score (nSPS) is 15.4. The van der Waals surface area contributed by atoms with Gasteiger partial charge in [0.1, 0.15) is 0 Å². The van der Waals surface area contributed by atoms with E-state index >= 15 is 0 Å². The highest BCUT2D eigenvalue weighted by Gasteiger charge is 2.32. The molecule has 0 unspecified atom stereocenters. The summed E-state index contributed by atoms with van der Waals surface area (Å²) in [6.45, 7) is 18.0. The molecule has 0 radical (unpaired) electrons. The first-order valence-electron chi connectivity index (χ1n) is 13.8. The van der Waals surface area contributed by atoms with Crippen molar-refractivity contribution in [3.05, 3.63) is 66.0 Å². The van der Waals surface area contributed by atoms with E-state index in [2.05, 4.69) is 99.3 Å². The summed E-state index contributed by atoms with van der Waals surface area (Å²) in [5.74, 6) is 0. The maximum Gasteiger partial charge on any atom is 0.0941 e. The first-order valence-corrected chi connectivity index (χ1v) is 13.8. The number of hydrogen-bond donors (Lipinski definition) is 0. The summed E-state index contributed by atoms with van der Waals surface area (Å²) >= 11 is 0. The lowest BCUT2D eigenvalue weighted by molar-refractivity contribution is 0.296. The zero-order valence-electron chi connectivity index (χ0n) is 24.2. The second kappa shape index (κ2) is 17.5. The minimum atomic E-state index is 0. The van der Waals surface area contributed by atoms with Crippen LogP contribution in [0.4, 0.5) is 5.69 Å². The van der Waals surface area contributed by atoms with Crippen LogP contribution in [0, 0.1) is 12.3 Å². The van der Waals surface area contributed by atoms with Crippen molar-refractivity contribution < 1.29 is 0 Å². The molecule has 35 heavy (non-hydrogen) atoms. The van der Waals surface area contributed by atoms with Crippen LogP contribution in [0.25, 0.3) is 11.1 Å². The van der Waals surface area contributed by atoms with E-state index < -0.39 is 0 Å². The van der Waals surface area contributed by atoms with Crippen molar-refractivity contribution in [1.29, 1.82) is 0 Å². The number of allylic oxidation sites excluding steroid dienone is 1. The van der Waals surface area contributed by atoms with Crippen molar-refractivity contribution in [3.8, 4) is 11.1 Å². The Labute approximate surface area is 225 Å². The molecule has 2 aliphatic rings. The molecule has 2 nitrogen and oxygen atoms in total. The van der Waals surface area contributed by atoms with Gasteiger partial charge in [0, 0.05) is 24.5 Å². The van der Waals surface area contributed by atoms with Crippen LogP contribution in [0.3, 0.4) is 0 Å². The average Bonchev–Trinajstić information content (AvgIpc) is 3.47. The van der Waals surface area contributed by atoms with Crippen LogP contribution < -0.4 is 4.90 Å². The van der Waals surface area contributed by atoms with E-state index in [4.69, 9.17) is 0 Å². The predicted molar refractivity (Wildman–Crippen MR) is 165 cm³/mol. The van der Waals surface area contributed by atoms with Gasteiger partial charge in [0.05, 0.1) is 12.4 Å². The second-order valence-corrected chi connectivity index (χ2v) is 9.46. The van der Waals surface area contributed by atoms with Crippen molar-refractivity contribution in [1.82, 2.24) is 4.90 Å². The van der Waals surface area contributed by atoms with E-state index in [0.29, 0.717) is 5.41 Å². The van der Waals surface area contributed by atoms with Gasteiger partial charge in [0.2, 0.25) is 0 Å². The number of nitrogens with zero attached hydrogens (tertiary/aromatic N) is 2. The molecule has 0 bridgehead atoms. The van der Waals surface area contributed by atoms with Crippen molar-refractivity contribution in [2.45, 2.75) is 100 Å². The van der Waals surface area contributed by atoms with Crippen molar-refractivity contribution in [3.63, 3.8) is 0 Å². The summed E-state index contributed by atoms with van der Waals surface area (Å²) in [7, 11) is 2.24. The fourth-order valence-corrected chi connectivity index (χ4v) is 4.63. The molecule has 0 saturated heterocycles. The van der Waals surface area contributed by atoms with E-state index in [0.717, 1.165) is 6.67 Å². The summed E-state index contributed by atoms with van der Waals surface area (Å²) in [5, 5.41) is 0. The lowest BCUT2D eigenvalue weighted by atomic mass is 9.84. The smallest absolute Gasteiger partial charge is 0.0941 e. The summed E-state index contributed by atoms with van der Waals surface area (Å²) in [4.78, 5) is 4.85. The number of para-hydroxylation sites is 1. The van der Waals surface area contributed by atoms with Gasteiger partial charge in [-0.25, -0.2) is 0 Å². The minimum Gasteiger partial charge on any atom is -0.359 e. The number of rotatable bonds is 5. The number of hydrogen-bond acceptors (Lipinski definition) is 2. The molecule has 1 saturated carbocycles. The minimum absolute atomic E-state index is 0. The monoisotopic (exact) mass is 498 g/mol. The van der Waals surface area contributed by atoms with Crippen LogP contribution >= 0.6 is 13.5 Å². The zero-order valence-corrected chi connectivity index (χ0v) is 25.2. The summed E-state index contributed by atoms with van der Waals surface area (Å²) < 4.78 is 0. The number of unbranched alkanes of at least 4 members (excludes halogenated alkanes) is 1. The third-order valence-corrected chi connectivity index (χ3v) is 6.73. The first-order chi connectivity index (χ1) is 16.5. The van der Waals surface area contributed by atoms with Gasteiger partial charge in [0.25, 0.3) is 0 Å². The third kappa shape index (κ3) is 9.60. The molecule has 0 amide bonds. The van der Waals surface area contributed by atoms with Gasteiger partial charge in [-0.3, -0.25) is 0 Å². The molecule has 198 valence electrons.